The van der Waals surface area contributed by atoms with E-state index in [-0.39, 0.29) is 11.6 Å². The van der Waals surface area contributed by atoms with Crippen molar-refractivity contribution in [1.82, 2.24) is 29.0 Å². The van der Waals surface area contributed by atoms with E-state index in [1.54, 1.807) is 24.3 Å². The number of hydrogen-bond acceptors (Lipinski definition) is 8. The van der Waals surface area contributed by atoms with Crippen LogP contribution in [0.5, 0.6) is 0 Å². The van der Waals surface area contributed by atoms with E-state index >= 15 is 0 Å². The third-order valence-electron chi connectivity index (χ3n) is 5.18. The largest absolute Gasteiger partial charge is 0.444 e. The lowest BCUT2D eigenvalue weighted by Gasteiger charge is -2.30. The van der Waals surface area contributed by atoms with Gasteiger partial charge in [0, 0.05) is 18.8 Å². The number of aryl methyl sites for hydroxylation is 1. The summed E-state index contributed by atoms with van der Waals surface area (Å²) in [6, 6.07) is 1.93. The van der Waals surface area contributed by atoms with Crippen molar-refractivity contribution >= 4 is 40.2 Å². The van der Waals surface area contributed by atoms with Crippen molar-refractivity contribution < 1.29 is 9.53 Å². The van der Waals surface area contributed by atoms with Crippen molar-refractivity contribution in [3.8, 4) is 11.3 Å². The lowest BCUT2D eigenvalue weighted by Crippen LogP contribution is -2.44. The Labute approximate surface area is 195 Å². The third-order valence-corrected chi connectivity index (χ3v) is 6.25. The highest BCUT2D eigenvalue weighted by atomic mass is 35.5. The molecule has 9 nitrogen and oxygen atoms in total. The van der Waals surface area contributed by atoms with Crippen LogP contribution in [0.25, 0.3) is 11.3 Å². The highest BCUT2D eigenvalue weighted by molar-refractivity contribution is 7.10. The van der Waals surface area contributed by atoms with Crippen molar-refractivity contribution in [2.24, 2.45) is 0 Å². The van der Waals surface area contributed by atoms with Gasteiger partial charge in [-0.2, -0.15) is 9.47 Å². The Morgan fingerprint density at radius 1 is 1.38 bits per heavy atom. The van der Waals surface area contributed by atoms with Crippen LogP contribution in [-0.4, -0.2) is 53.3 Å². The number of ether oxygens (including phenoxy) is 1. The molecule has 32 heavy (non-hydrogen) atoms. The van der Waals surface area contributed by atoms with E-state index in [1.165, 1.54) is 11.5 Å². The van der Waals surface area contributed by atoms with E-state index in [0.717, 1.165) is 29.1 Å². The second kappa shape index (κ2) is 8.32. The van der Waals surface area contributed by atoms with Gasteiger partial charge < -0.3 is 15.0 Å². The Kier molecular flexibility index (Phi) is 5.85. The molecule has 0 bridgehead atoms. The summed E-state index contributed by atoms with van der Waals surface area (Å²) in [5, 5.41) is 8.92. The summed E-state index contributed by atoms with van der Waals surface area (Å²) < 4.78 is 11.6. The second-order valence-electron chi connectivity index (χ2n) is 9.04. The highest BCUT2D eigenvalue weighted by Crippen LogP contribution is 2.43. The number of aromatic nitrogens is 5. The number of hydrogen-bond donors (Lipinski definition) is 1. The molecule has 1 amide bonds. The summed E-state index contributed by atoms with van der Waals surface area (Å²) >= 11 is 7.72. The minimum Gasteiger partial charge on any atom is -0.444 e. The Morgan fingerprint density at radius 3 is 2.75 bits per heavy atom. The smallest absolute Gasteiger partial charge is 0.410 e. The van der Waals surface area contributed by atoms with Crippen molar-refractivity contribution in [3.63, 3.8) is 0 Å². The molecule has 1 aliphatic rings. The van der Waals surface area contributed by atoms with Gasteiger partial charge in [0.1, 0.15) is 10.6 Å². The summed E-state index contributed by atoms with van der Waals surface area (Å²) in [5.41, 5.74) is 1.46. The molecule has 170 valence electrons. The number of halogens is 1. The zero-order valence-electron chi connectivity index (χ0n) is 18.7. The first kappa shape index (κ1) is 22.5. The molecular weight excluding hydrogens is 450 g/mol. The van der Waals surface area contributed by atoms with Crippen LogP contribution in [0.2, 0.25) is 5.02 Å². The highest BCUT2D eigenvalue weighted by Gasteiger charge is 2.50. The van der Waals surface area contributed by atoms with Gasteiger partial charge in [-0.15, -0.1) is 0 Å². The number of nitrogens with one attached hydrogen (secondary N) is 1. The minimum absolute atomic E-state index is 0.294. The topological polar surface area (TPSA) is 98.1 Å². The van der Waals surface area contributed by atoms with E-state index < -0.39 is 5.60 Å². The van der Waals surface area contributed by atoms with Gasteiger partial charge in [0.05, 0.1) is 40.9 Å². The number of carbonyl (C=O) groups is 1. The molecule has 0 aromatic carbocycles. The predicted octanol–water partition coefficient (Wildman–Crippen LogP) is 4.90. The normalized spacial score (nSPS) is 14.8. The Hall–Kier alpha value is -2.72. The van der Waals surface area contributed by atoms with Gasteiger partial charge in [-0.3, -0.25) is 4.68 Å². The summed E-state index contributed by atoms with van der Waals surface area (Å²) in [6.07, 6.45) is 6.64. The van der Waals surface area contributed by atoms with Gasteiger partial charge in [0.2, 0.25) is 5.95 Å². The SMILES string of the molecule is Cc1cc(Nc2ncc(Cl)c(-c3cnn(CC4(N(C)C(=O)OC(C)(C)C)CC4)c3)n2)sn1. The average molecular weight is 476 g/mol. The second-order valence-corrected chi connectivity index (χ2v) is 10.3. The zero-order valence-corrected chi connectivity index (χ0v) is 20.3. The predicted molar refractivity (Wildman–Crippen MR) is 124 cm³/mol. The molecule has 0 unspecified atom stereocenters. The summed E-state index contributed by atoms with van der Waals surface area (Å²) in [4.78, 5) is 23.0. The number of amides is 1. The number of rotatable bonds is 6. The number of nitrogens with zero attached hydrogens (tertiary/aromatic N) is 6. The quantitative estimate of drug-likeness (QED) is 0.541. The maximum absolute atomic E-state index is 12.5. The number of carbonyl (C=O) groups excluding carboxylic acids is 1. The third kappa shape index (κ3) is 5.02. The lowest BCUT2D eigenvalue weighted by atomic mass is 10.2. The molecule has 3 aromatic heterocycles. The molecule has 1 N–H and O–H groups in total. The fourth-order valence-corrected chi connectivity index (χ4v) is 4.16. The maximum Gasteiger partial charge on any atom is 0.410 e. The van der Waals surface area contributed by atoms with Gasteiger partial charge in [-0.1, -0.05) is 11.6 Å². The summed E-state index contributed by atoms with van der Waals surface area (Å²) in [5.74, 6) is 0.434. The van der Waals surface area contributed by atoms with Crippen LogP contribution in [0.15, 0.2) is 24.7 Å². The molecule has 0 atom stereocenters. The van der Waals surface area contributed by atoms with Crippen LogP contribution in [0, 0.1) is 6.92 Å². The Balaban J connectivity index is 1.49. The van der Waals surface area contributed by atoms with Crippen molar-refractivity contribution in [3.05, 3.63) is 35.4 Å². The Morgan fingerprint density at radius 2 is 2.12 bits per heavy atom. The molecule has 3 aromatic rings. The standard InChI is InChI=1S/C21H26ClN7O2S/c1-13-8-16(32-27-13)25-18-23-10-15(22)17(26-18)14-9-24-29(11-14)12-21(6-7-21)28(5)19(30)31-20(2,3)4/h8-11H,6-7,12H2,1-5H3,(H,23,25,26). The minimum atomic E-state index is -0.534. The molecule has 4 rings (SSSR count). The zero-order chi connectivity index (χ0) is 23.1. The van der Waals surface area contributed by atoms with Gasteiger partial charge in [-0.05, 0) is 58.1 Å². The fourth-order valence-electron chi connectivity index (χ4n) is 3.30. The van der Waals surface area contributed by atoms with Crippen LogP contribution in [0.3, 0.4) is 0 Å². The molecule has 3 heterocycles. The van der Waals surface area contributed by atoms with Crippen LogP contribution >= 0.6 is 23.1 Å². The van der Waals surface area contributed by atoms with E-state index in [9.17, 15) is 4.79 Å². The van der Waals surface area contributed by atoms with Gasteiger partial charge in [-0.25, -0.2) is 14.8 Å². The summed E-state index contributed by atoms with van der Waals surface area (Å²) in [7, 11) is 1.78. The molecule has 0 saturated heterocycles. The molecular formula is C21H26ClN7O2S. The molecule has 1 aliphatic carbocycles. The number of anilines is 2. The van der Waals surface area contributed by atoms with Crippen LogP contribution in [0.4, 0.5) is 15.7 Å². The molecule has 0 aliphatic heterocycles. The van der Waals surface area contributed by atoms with Gasteiger partial charge in [0.25, 0.3) is 0 Å². The fraction of sp³-hybridized carbons (Fsp3) is 0.476. The molecule has 11 heteroatoms. The van der Waals surface area contributed by atoms with Crippen molar-refractivity contribution in [1.29, 1.82) is 0 Å². The van der Waals surface area contributed by atoms with E-state index in [1.807, 2.05) is 44.6 Å². The van der Waals surface area contributed by atoms with E-state index in [0.29, 0.717) is 23.2 Å². The summed E-state index contributed by atoms with van der Waals surface area (Å²) in [6.45, 7) is 8.09. The van der Waals surface area contributed by atoms with Crippen LogP contribution in [-0.2, 0) is 11.3 Å². The molecule has 1 saturated carbocycles. The van der Waals surface area contributed by atoms with Crippen molar-refractivity contribution in [2.75, 3.05) is 12.4 Å². The molecule has 0 spiro atoms. The van der Waals surface area contributed by atoms with Crippen LogP contribution in [0.1, 0.15) is 39.3 Å². The average Bonchev–Trinajstić information content (AvgIpc) is 3.13. The first-order valence-electron chi connectivity index (χ1n) is 10.3. The first-order valence-corrected chi connectivity index (χ1v) is 11.4. The molecule has 1 fully saturated rings. The van der Waals surface area contributed by atoms with Gasteiger partial charge in [0.15, 0.2) is 0 Å². The molecule has 0 radical (unpaired) electrons. The Bertz CT molecular complexity index is 1130. The van der Waals surface area contributed by atoms with Gasteiger partial charge >= 0.3 is 6.09 Å². The lowest BCUT2D eigenvalue weighted by molar-refractivity contribution is 0.0173. The maximum atomic E-state index is 12.5. The van der Waals surface area contributed by atoms with Crippen molar-refractivity contribution in [2.45, 2.75) is 58.2 Å². The van der Waals surface area contributed by atoms with E-state index in [4.69, 9.17) is 16.3 Å². The van der Waals surface area contributed by atoms with Crippen LogP contribution < -0.4 is 5.32 Å². The monoisotopic (exact) mass is 475 g/mol. The van der Waals surface area contributed by atoms with E-state index in [2.05, 4.69) is 24.8 Å². The first-order chi connectivity index (χ1) is 15.0. The number of likely N-dealkylation sites (N-methyl/N-ethyl adjacent to an activating group) is 1.